The molecule has 0 saturated heterocycles. The van der Waals surface area contributed by atoms with Crippen LogP contribution in [0.15, 0.2) is 0 Å². The average molecular weight is 104 g/mol. The Kier molecular flexibility index (Phi) is 231. The first-order chi connectivity index (χ1) is 2.00. The van der Waals surface area contributed by atoms with Crippen LogP contribution in [0.5, 0.6) is 0 Å². The topological polar surface area (TPSA) is 40.1 Å². The summed E-state index contributed by atoms with van der Waals surface area (Å²) in [6.07, 6.45) is 0. The summed E-state index contributed by atoms with van der Waals surface area (Å²) < 4.78 is 8.06. The first kappa shape index (κ1) is 16.5. The van der Waals surface area contributed by atoms with E-state index < -0.39 is 0 Å². The molecule has 0 N–H and O–H groups in total. The molecule has 0 aliphatic carbocycles. The molecule has 0 amide bonds. The Morgan fingerprint density at radius 3 is 1.40 bits per heavy atom. The zero-order chi connectivity index (χ0) is 4.00. The minimum atomic E-state index is 0. The van der Waals surface area contributed by atoms with Gasteiger partial charge >= 0.3 is 29.6 Å². The smallest absolute Gasteiger partial charge is 0.857 e. The van der Waals surface area contributed by atoms with Gasteiger partial charge in [0.2, 0.25) is 0 Å². The Bertz CT molecular complexity index is 9.61. The van der Waals surface area contributed by atoms with E-state index in [0.29, 0.717) is 0 Å². The maximum absolute atomic E-state index is 8.25. The molecular formula is CH5NaO2S. The fourth-order valence-electron chi connectivity index (χ4n) is 0. The molecule has 0 bridgehead atoms. The maximum atomic E-state index is 8.25. The second-order valence-electron chi connectivity index (χ2n) is 0. The fraction of sp³-hybridized carbons (Fsp3) is 1.00. The predicted molar refractivity (Wildman–Crippen MR) is 16.9 cm³/mol. The molecule has 0 radical (unpaired) electrons. The van der Waals surface area contributed by atoms with E-state index in [9.17, 15) is 0 Å². The van der Waals surface area contributed by atoms with E-state index in [2.05, 4.69) is 0 Å². The van der Waals surface area contributed by atoms with Crippen LogP contribution in [0, 0.1) is 0 Å². The van der Waals surface area contributed by atoms with Crippen molar-refractivity contribution >= 4 is 12.5 Å². The van der Waals surface area contributed by atoms with Gasteiger partial charge in [-0.1, -0.05) is 0 Å². The molecular weight excluding hydrogens is 99.1 g/mol. The van der Waals surface area contributed by atoms with Gasteiger partial charge in [0.1, 0.15) is 0 Å². The molecule has 0 aromatic rings. The molecule has 2 nitrogen and oxygen atoms in total. The third-order valence-corrected chi connectivity index (χ3v) is 0. The van der Waals surface area contributed by atoms with E-state index in [-0.39, 0.29) is 29.6 Å². The van der Waals surface area contributed by atoms with Crippen LogP contribution < -0.4 is 34.7 Å². The first-order valence-electron chi connectivity index (χ1n) is 0.612. The van der Waals surface area contributed by atoms with Crippen molar-refractivity contribution in [2.24, 2.45) is 0 Å². The van der Waals surface area contributed by atoms with Gasteiger partial charge in [0.05, 0.1) is 0 Å². The summed E-state index contributed by atoms with van der Waals surface area (Å²) in [6, 6.07) is 0. The van der Waals surface area contributed by atoms with E-state index in [1.807, 2.05) is 0 Å². The van der Waals surface area contributed by atoms with Crippen molar-refractivity contribution in [2.75, 3.05) is 7.11 Å². The Hall–Kier alpha value is 1.11. The molecule has 0 rings (SSSR count). The van der Waals surface area contributed by atoms with Crippen LogP contribution in [0.3, 0.4) is 0 Å². The Balaban J connectivity index is -0.0000000133. The summed E-state index contributed by atoms with van der Waals surface area (Å²) in [6.45, 7) is 0. The molecule has 0 unspecified atom stereocenters. The molecule has 0 saturated carbocycles. The summed E-state index contributed by atoms with van der Waals surface area (Å²) in [7, 11) is 0.750. The molecule has 0 aromatic heterocycles. The van der Waals surface area contributed by atoms with Crippen LogP contribution in [-0.2, 0) is 12.5 Å². The van der Waals surface area contributed by atoms with Crippen molar-refractivity contribution in [2.45, 2.75) is 0 Å². The number of hydrogen-bond donors (Lipinski definition) is 0. The van der Waals surface area contributed by atoms with Crippen LogP contribution in [0.2, 0.25) is 0 Å². The second-order valence-corrected chi connectivity index (χ2v) is 0. The van der Waals surface area contributed by atoms with Crippen LogP contribution in [0.25, 0.3) is 0 Å². The largest absolute Gasteiger partial charge is 1.00 e. The summed E-state index contributed by atoms with van der Waals surface area (Å²) in [5, 5.41) is 8.25. The zero-order valence-corrected chi connectivity index (χ0v) is 6.32. The van der Waals surface area contributed by atoms with Gasteiger partial charge in [0.15, 0.2) is 0 Å². The third-order valence-electron chi connectivity index (χ3n) is 0. The number of rotatable bonds is 0. The molecule has 0 atom stereocenters. The fourth-order valence-corrected chi connectivity index (χ4v) is 0. The van der Waals surface area contributed by atoms with Gasteiger partial charge < -0.3 is 5.11 Å². The second kappa shape index (κ2) is 70.1. The molecule has 0 aromatic carbocycles. The molecule has 5 heavy (non-hydrogen) atoms. The normalized spacial score (nSPS) is 2.20. The Labute approximate surface area is 58.4 Å². The standard InChI is InChI=1S/CH3O.Na.H2OS/c1-2;;1-2/h1H3;;2H2/q-1;+1;. The quantitative estimate of drug-likeness (QED) is 0.289. The van der Waals surface area contributed by atoms with Crippen molar-refractivity contribution in [1.82, 2.24) is 0 Å². The zero-order valence-electron chi connectivity index (χ0n) is 3.32. The van der Waals surface area contributed by atoms with Crippen LogP contribution >= 0.6 is 0 Å². The number of hydrogen-bond acceptors (Lipinski definition) is 2. The van der Waals surface area contributed by atoms with Crippen LogP contribution in [0.1, 0.15) is 0 Å². The Morgan fingerprint density at radius 2 is 1.40 bits per heavy atom. The van der Waals surface area contributed by atoms with E-state index in [4.69, 9.17) is 9.32 Å². The van der Waals surface area contributed by atoms with Crippen LogP contribution in [0.4, 0.5) is 0 Å². The van der Waals surface area contributed by atoms with Crippen molar-refractivity contribution in [3.8, 4) is 0 Å². The van der Waals surface area contributed by atoms with Crippen molar-refractivity contribution < 1.29 is 38.9 Å². The summed E-state index contributed by atoms with van der Waals surface area (Å²) in [5.41, 5.74) is 0. The van der Waals surface area contributed by atoms with Crippen molar-refractivity contribution in [1.29, 1.82) is 0 Å². The van der Waals surface area contributed by atoms with Crippen molar-refractivity contribution in [3.63, 3.8) is 0 Å². The maximum Gasteiger partial charge on any atom is 1.00 e. The summed E-state index contributed by atoms with van der Waals surface area (Å²) in [4.78, 5) is 0. The Morgan fingerprint density at radius 1 is 1.40 bits per heavy atom. The summed E-state index contributed by atoms with van der Waals surface area (Å²) in [5.74, 6) is 0. The molecule has 28 valence electrons. The monoisotopic (exact) mass is 104 g/mol. The van der Waals surface area contributed by atoms with Crippen molar-refractivity contribution in [3.05, 3.63) is 0 Å². The SMILES string of the molecule is C[O-].O=[SH2].[Na+]. The van der Waals surface area contributed by atoms with Gasteiger partial charge in [0.25, 0.3) is 0 Å². The van der Waals surface area contributed by atoms with Gasteiger partial charge in [-0.25, -0.2) is 0 Å². The van der Waals surface area contributed by atoms with Gasteiger partial charge in [-0.2, -0.15) is 7.11 Å². The van der Waals surface area contributed by atoms with Gasteiger partial charge in [-0.15, -0.1) is 0 Å². The molecule has 0 aliphatic rings. The first-order valence-corrected chi connectivity index (χ1v) is 1.02. The average Bonchev–Trinajstić information content (AvgIpc) is 1.50. The van der Waals surface area contributed by atoms with Gasteiger partial charge in [-0.3, -0.25) is 4.21 Å². The summed E-state index contributed by atoms with van der Waals surface area (Å²) >= 11 is 1.72. The van der Waals surface area contributed by atoms with E-state index in [1.54, 1.807) is 12.5 Å². The molecule has 0 spiro atoms. The molecule has 0 fully saturated rings. The van der Waals surface area contributed by atoms with E-state index >= 15 is 0 Å². The third kappa shape index (κ3) is 40.1. The van der Waals surface area contributed by atoms with E-state index in [0.717, 1.165) is 7.11 Å². The minimum Gasteiger partial charge on any atom is -0.857 e. The van der Waals surface area contributed by atoms with Gasteiger partial charge in [0, 0.05) is 0 Å². The van der Waals surface area contributed by atoms with Gasteiger partial charge in [-0.05, 0) is 12.5 Å². The van der Waals surface area contributed by atoms with Crippen LogP contribution in [-0.4, -0.2) is 11.3 Å². The van der Waals surface area contributed by atoms with E-state index in [1.165, 1.54) is 0 Å². The minimum absolute atomic E-state index is 0. The molecule has 0 heterocycles. The predicted octanol–water partition coefficient (Wildman–Crippen LogP) is -4.89. The molecule has 4 heteroatoms. The molecule has 0 aliphatic heterocycles.